The van der Waals surface area contributed by atoms with E-state index < -0.39 is 5.82 Å². The maximum absolute atomic E-state index is 13.7. The molecule has 0 unspecified atom stereocenters. The average Bonchev–Trinajstić information content (AvgIpc) is 2.81. The van der Waals surface area contributed by atoms with Gasteiger partial charge in [0.1, 0.15) is 17.3 Å². The molecule has 0 spiro atoms. The Morgan fingerprint density at radius 3 is 2.26 bits per heavy atom. The third-order valence-corrected chi connectivity index (χ3v) is 4.65. The van der Waals surface area contributed by atoms with Crippen molar-refractivity contribution < 1.29 is 23.5 Å². The van der Waals surface area contributed by atoms with Crippen molar-refractivity contribution in [2.24, 2.45) is 0 Å². The van der Waals surface area contributed by atoms with Crippen molar-refractivity contribution in [1.82, 2.24) is 10.6 Å². The second kappa shape index (κ2) is 10.2. The van der Waals surface area contributed by atoms with Crippen molar-refractivity contribution in [1.29, 1.82) is 0 Å². The summed E-state index contributed by atoms with van der Waals surface area (Å²) in [4.78, 5) is 24.8. The average molecular weight is 422 g/mol. The standard InChI is InChI=1S/C24H23FN2O4/c1-30-21-9-4-3-8-19(21)24(29)27-13-12-26-23(28)17-7-5-6-16(14-17)20-15-18(25)10-11-22(20)31-2/h3-11,14-15H,12-13H2,1-2H3,(H,26,28)(H,27,29). The molecule has 0 saturated heterocycles. The van der Waals surface area contributed by atoms with Crippen LogP contribution in [0.2, 0.25) is 0 Å². The number of ether oxygens (including phenoxy) is 2. The molecule has 3 rings (SSSR count). The van der Waals surface area contributed by atoms with Gasteiger partial charge in [0.15, 0.2) is 0 Å². The fourth-order valence-electron chi connectivity index (χ4n) is 3.12. The molecule has 0 bridgehead atoms. The lowest BCUT2D eigenvalue weighted by Gasteiger charge is -2.11. The number of para-hydroxylation sites is 1. The van der Waals surface area contributed by atoms with Crippen LogP contribution in [0.25, 0.3) is 11.1 Å². The Bertz CT molecular complexity index is 1080. The van der Waals surface area contributed by atoms with E-state index >= 15 is 0 Å². The molecule has 0 aliphatic heterocycles. The first-order valence-electron chi connectivity index (χ1n) is 9.67. The normalized spacial score (nSPS) is 10.3. The molecule has 2 amide bonds. The van der Waals surface area contributed by atoms with Crippen LogP contribution in [-0.4, -0.2) is 39.1 Å². The first-order chi connectivity index (χ1) is 15.0. The summed E-state index contributed by atoms with van der Waals surface area (Å²) in [6.45, 7) is 0.493. The zero-order chi connectivity index (χ0) is 22.2. The molecule has 0 fully saturated rings. The smallest absolute Gasteiger partial charge is 0.255 e. The number of carbonyl (C=O) groups excluding carboxylic acids is 2. The van der Waals surface area contributed by atoms with E-state index in [1.54, 1.807) is 54.6 Å². The molecule has 0 heterocycles. The largest absolute Gasteiger partial charge is 0.496 e. The minimum atomic E-state index is -0.392. The Kier molecular flexibility index (Phi) is 7.22. The predicted molar refractivity (Wildman–Crippen MR) is 116 cm³/mol. The number of rotatable bonds is 8. The first-order valence-corrected chi connectivity index (χ1v) is 9.67. The summed E-state index contributed by atoms with van der Waals surface area (Å²) < 4.78 is 24.2. The highest BCUT2D eigenvalue weighted by molar-refractivity contribution is 5.97. The summed E-state index contributed by atoms with van der Waals surface area (Å²) in [6, 6.07) is 18.0. The number of hydrogen-bond donors (Lipinski definition) is 2. The summed E-state index contributed by atoms with van der Waals surface area (Å²) in [5.74, 6) is 0.0127. The second-order valence-corrected chi connectivity index (χ2v) is 6.64. The van der Waals surface area contributed by atoms with E-state index in [1.165, 1.54) is 26.4 Å². The van der Waals surface area contributed by atoms with Crippen LogP contribution in [0.5, 0.6) is 11.5 Å². The molecular formula is C24H23FN2O4. The maximum atomic E-state index is 13.7. The number of halogens is 1. The molecule has 3 aromatic carbocycles. The van der Waals surface area contributed by atoms with E-state index in [1.807, 2.05) is 0 Å². The van der Waals surface area contributed by atoms with Gasteiger partial charge in [0.05, 0.1) is 19.8 Å². The minimum absolute atomic E-state index is 0.243. The van der Waals surface area contributed by atoms with Gasteiger partial charge in [-0.3, -0.25) is 9.59 Å². The van der Waals surface area contributed by atoms with Gasteiger partial charge in [0, 0.05) is 24.2 Å². The Hall–Kier alpha value is -3.87. The van der Waals surface area contributed by atoms with Gasteiger partial charge < -0.3 is 20.1 Å². The summed E-state index contributed by atoms with van der Waals surface area (Å²) in [5, 5.41) is 5.51. The SMILES string of the molecule is COc1ccccc1C(=O)NCCNC(=O)c1cccc(-c2cc(F)ccc2OC)c1. The van der Waals surface area contributed by atoms with Crippen molar-refractivity contribution in [2.45, 2.75) is 0 Å². The van der Waals surface area contributed by atoms with Crippen LogP contribution in [0, 0.1) is 5.82 Å². The van der Waals surface area contributed by atoms with Crippen LogP contribution < -0.4 is 20.1 Å². The molecule has 0 aliphatic rings. The lowest BCUT2D eigenvalue weighted by Crippen LogP contribution is -2.34. The Morgan fingerprint density at radius 2 is 1.52 bits per heavy atom. The molecule has 2 N–H and O–H groups in total. The van der Waals surface area contributed by atoms with E-state index in [0.717, 1.165) is 0 Å². The minimum Gasteiger partial charge on any atom is -0.496 e. The molecule has 160 valence electrons. The number of hydrogen-bond acceptors (Lipinski definition) is 4. The van der Waals surface area contributed by atoms with E-state index in [0.29, 0.717) is 33.8 Å². The van der Waals surface area contributed by atoms with E-state index in [-0.39, 0.29) is 24.9 Å². The predicted octanol–water partition coefficient (Wildman–Crippen LogP) is 3.67. The summed E-state index contributed by atoms with van der Waals surface area (Å²) in [7, 11) is 3.01. The van der Waals surface area contributed by atoms with Crippen LogP contribution in [0.4, 0.5) is 4.39 Å². The van der Waals surface area contributed by atoms with E-state index in [9.17, 15) is 14.0 Å². The van der Waals surface area contributed by atoms with Crippen LogP contribution in [-0.2, 0) is 0 Å². The number of nitrogens with one attached hydrogen (secondary N) is 2. The van der Waals surface area contributed by atoms with Crippen LogP contribution >= 0.6 is 0 Å². The highest BCUT2D eigenvalue weighted by Gasteiger charge is 2.13. The van der Waals surface area contributed by atoms with Gasteiger partial charge in [0.2, 0.25) is 0 Å². The van der Waals surface area contributed by atoms with Crippen molar-refractivity contribution in [3.63, 3.8) is 0 Å². The molecule has 6 nitrogen and oxygen atoms in total. The topological polar surface area (TPSA) is 76.7 Å². The lowest BCUT2D eigenvalue weighted by molar-refractivity contribution is 0.0926. The third-order valence-electron chi connectivity index (χ3n) is 4.65. The third kappa shape index (κ3) is 5.39. The van der Waals surface area contributed by atoms with Crippen LogP contribution in [0.3, 0.4) is 0 Å². The lowest BCUT2D eigenvalue weighted by atomic mass is 10.0. The highest BCUT2D eigenvalue weighted by Crippen LogP contribution is 2.31. The Balaban J connectivity index is 1.60. The van der Waals surface area contributed by atoms with Crippen molar-refractivity contribution in [3.05, 3.63) is 83.7 Å². The van der Waals surface area contributed by atoms with Gasteiger partial charge in [-0.05, 0) is 48.0 Å². The number of carbonyl (C=O) groups is 2. The van der Waals surface area contributed by atoms with E-state index in [2.05, 4.69) is 10.6 Å². The van der Waals surface area contributed by atoms with Crippen LogP contribution in [0.15, 0.2) is 66.7 Å². The molecule has 0 radical (unpaired) electrons. The highest BCUT2D eigenvalue weighted by atomic mass is 19.1. The molecule has 7 heteroatoms. The molecule has 31 heavy (non-hydrogen) atoms. The van der Waals surface area contributed by atoms with Gasteiger partial charge >= 0.3 is 0 Å². The quantitative estimate of drug-likeness (QED) is 0.543. The molecule has 0 saturated carbocycles. The summed E-state index contributed by atoms with van der Waals surface area (Å²) in [6.07, 6.45) is 0. The Labute approximate surface area is 180 Å². The maximum Gasteiger partial charge on any atom is 0.255 e. The molecular weight excluding hydrogens is 399 g/mol. The zero-order valence-corrected chi connectivity index (χ0v) is 17.3. The zero-order valence-electron chi connectivity index (χ0n) is 17.3. The number of amides is 2. The first kappa shape index (κ1) is 21.8. The van der Waals surface area contributed by atoms with Gasteiger partial charge in [0.25, 0.3) is 11.8 Å². The second-order valence-electron chi connectivity index (χ2n) is 6.64. The van der Waals surface area contributed by atoms with Gasteiger partial charge in [-0.2, -0.15) is 0 Å². The van der Waals surface area contributed by atoms with Crippen molar-refractivity contribution in [3.8, 4) is 22.6 Å². The van der Waals surface area contributed by atoms with Gasteiger partial charge in [-0.25, -0.2) is 4.39 Å². The monoisotopic (exact) mass is 422 g/mol. The van der Waals surface area contributed by atoms with Gasteiger partial charge in [-0.15, -0.1) is 0 Å². The fraction of sp³-hybridized carbons (Fsp3) is 0.167. The number of benzene rings is 3. The summed E-state index contributed by atoms with van der Waals surface area (Å²) >= 11 is 0. The Morgan fingerprint density at radius 1 is 0.806 bits per heavy atom. The number of methoxy groups -OCH3 is 2. The molecule has 3 aromatic rings. The molecule has 0 aromatic heterocycles. The molecule has 0 atom stereocenters. The van der Waals surface area contributed by atoms with Crippen LogP contribution in [0.1, 0.15) is 20.7 Å². The van der Waals surface area contributed by atoms with Crippen molar-refractivity contribution in [2.75, 3.05) is 27.3 Å². The van der Waals surface area contributed by atoms with E-state index in [4.69, 9.17) is 9.47 Å². The van der Waals surface area contributed by atoms with Gasteiger partial charge in [-0.1, -0.05) is 24.3 Å². The summed E-state index contributed by atoms with van der Waals surface area (Å²) in [5.41, 5.74) is 2.06. The fourth-order valence-corrected chi connectivity index (χ4v) is 3.12. The van der Waals surface area contributed by atoms with Crippen molar-refractivity contribution >= 4 is 11.8 Å². The molecule has 0 aliphatic carbocycles.